The molecule has 0 unspecified atom stereocenters. The Morgan fingerprint density at radius 2 is 2.04 bits per heavy atom. The second-order valence-corrected chi connectivity index (χ2v) is 5.45. The third kappa shape index (κ3) is 3.48. The molecule has 5 nitrogen and oxygen atoms in total. The van der Waals surface area contributed by atoms with E-state index >= 15 is 0 Å². The van der Waals surface area contributed by atoms with Gasteiger partial charge in [-0.25, -0.2) is 9.37 Å². The monoisotopic (exact) mass is 326 g/mol. The largest absolute Gasteiger partial charge is 0.459 e. The van der Waals surface area contributed by atoms with Crippen LogP contribution in [0, 0.1) is 12.7 Å². The van der Waals surface area contributed by atoms with E-state index in [2.05, 4.69) is 4.98 Å². The van der Waals surface area contributed by atoms with Crippen LogP contribution in [0.1, 0.15) is 16.8 Å². The van der Waals surface area contributed by atoms with E-state index in [1.165, 1.54) is 22.6 Å². The summed E-state index contributed by atoms with van der Waals surface area (Å²) >= 11 is 0. The summed E-state index contributed by atoms with van der Waals surface area (Å²) in [5, 5.41) is 0. The summed E-state index contributed by atoms with van der Waals surface area (Å²) in [5.41, 5.74) is 1.83. The number of hydrogen-bond donors (Lipinski definition) is 0. The van der Waals surface area contributed by atoms with E-state index in [9.17, 15) is 14.0 Å². The van der Waals surface area contributed by atoms with Crippen molar-refractivity contribution >= 4 is 11.6 Å². The van der Waals surface area contributed by atoms with Crippen molar-refractivity contribution in [2.24, 2.45) is 0 Å². The molecule has 3 rings (SSSR count). The van der Waals surface area contributed by atoms with Crippen LogP contribution < -0.4 is 5.56 Å². The van der Waals surface area contributed by atoms with Gasteiger partial charge in [0.1, 0.15) is 18.1 Å². The molecule has 2 heterocycles. The number of ether oxygens (including phenoxy) is 1. The van der Waals surface area contributed by atoms with Gasteiger partial charge in [0.25, 0.3) is 5.56 Å². The number of benzene rings is 1. The van der Waals surface area contributed by atoms with Gasteiger partial charge in [-0.15, -0.1) is 0 Å². The summed E-state index contributed by atoms with van der Waals surface area (Å²) in [6, 6.07) is 10.9. The van der Waals surface area contributed by atoms with Crippen molar-refractivity contribution in [3.8, 4) is 0 Å². The van der Waals surface area contributed by atoms with Gasteiger partial charge in [0.15, 0.2) is 0 Å². The van der Waals surface area contributed by atoms with E-state index in [1.807, 2.05) is 13.0 Å². The van der Waals surface area contributed by atoms with Crippen LogP contribution in [0.5, 0.6) is 0 Å². The highest BCUT2D eigenvalue weighted by atomic mass is 19.1. The first-order valence-corrected chi connectivity index (χ1v) is 7.41. The smallest absolute Gasteiger partial charge is 0.310 e. The Hall–Kier alpha value is -3.02. The number of aromatic nitrogens is 2. The molecule has 0 radical (unpaired) electrons. The van der Waals surface area contributed by atoms with Gasteiger partial charge in [-0.3, -0.25) is 14.0 Å². The number of nitrogens with zero attached hydrogens (tertiary/aromatic N) is 2. The number of carbonyl (C=O) groups excluding carboxylic acids is 1. The Kier molecular flexibility index (Phi) is 4.37. The number of hydrogen-bond acceptors (Lipinski definition) is 4. The van der Waals surface area contributed by atoms with Gasteiger partial charge in [0, 0.05) is 12.3 Å². The summed E-state index contributed by atoms with van der Waals surface area (Å²) in [6.07, 6.45) is 1.48. The molecule has 0 fully saturated rings. The molecule has 0 saturated heterocycles. The number of pyridine rings is 1. The van der Waals surface area contributed by atoms with Gasteiger partial charge in [-0.2, -0.15) is 0 Å². The van der Waals surface area contributed by atoms with Gasteiger partial charge >= 0.3 is 5.97 Å². The zero-order valence-electron chi connectivity index (χ0n) is 13.0. The molecule has 0 amide bonds. The van der Waals surface area contributed by atoms with Gasteiger partial charge in [0.05, 0.1) is 12.1 Å². The quantitative estimate of drug-likeness (QED) is 0.691. The fourth-order valence-electron chi connectivity index (χ4n) is 2.33. The Balaban J connectivity index is 1.72. The van der Waals surface area contributed by atoms with Crippen molar-refractivity contribution in [1.82, 2.24) is 9.38 Å². The first-order chi connectivity index (χ1) is 11.5. The summed E-state index contributed by atoms with van der Waals surface area (Å²) in [7, 11) is 0. The molecule has 6 heteroatoms. The van der Waals surface area contributed by atoms with Crippen LogP contribution in [-0.2, 0) is 22.6 Å². The van der Waals surface area contributed by atoms with Gasteiger partial charge < -0.3 is 4.74 Å². The molecular formula is C18H15FN2O3. The third-order valence-corrected chi connectivity index (χ3v) is 3.55. The van der Waals surface area contributed by atoms with Gasteiger partial charge in [0.2, 0.25) is 0 Å². The molecule has 24 heavy (non-hydrogen) atoms. The minimum absolute atomic E-state index is 0.132. The number of aryl methyl sites for hydroxylation is 1. The van der Waals surface area contributed by atoms with E-state index in [0.29, 0.717) is 11.3 Å². The minimum atomic E-state index is -0.577. The van der Waals surface area contributed by atoms with Crippen molar-refractivity contribution in [3.05, 3.63) is 81.7 Å². The van der Waals surface area contributed by atoms with E-state index in [-0.39, 0.29) is 24.2 Å². The maximum atomic E-state index is 13.5. The second kappa shape index (κ2) is 6.62. The molecule has 0 N–H and O–H groups in total. The standard InChI is InChI=1S/C18H15FN2O3/c1-12-6-7-21-16(8-12)20-14(10-17(21)22)11-24-18(23)9-13-4-2-3-5-15(13)19/h2-8,10H,9,11H2,1H3. The lowest BCUT2D eigenvalue weighted by atomic mass is 10.1. The highest BCUT2D eigenvalue weighted by Crippen LogP contribution is 2.09. The van der Waals surface area contributed by atoms with Gasteiger partial charge in [-0.1, -0.05) is 18.2 Å². The van der Waals surface area contributed by atoms with Crippen LogP contribution >= 0.6 is 0 Å². The third-order valence-electron chi connectivity index (χ3n) is 3.55. The Morgan fingerprint density at radius 3 is 2.83 bits per heavy atom. The van der Waals surface area contributed by atoms with Crippen LogP contribution in [0.3, 0.4) is 0 Å². The zero-order chi connectivity index (χ0) is 17.1. The Morgan fingerprint density at radius 1 is 1.25 bits per heavy atom. The fraction of sp³-hybridized carbons (Fsp3) is 0.167. The lowest BCUT2D eigenvalue weighted by molar-refractivity contribution is -0.144. The molecule has 0 aliphatic heterocycles. The Labute approximate surface area is 137 Å². The summed E-state index contributed by atoms with van der Waals surface area (Å²) in [6.45, 7) is 1.76. The summed E-state index contributed by atoms with van der Waals surface area (Å²) in [5.74, 6) is -1.03. The number of rotatable bonds is 4. The molecule has 2 aromatic heterocycles. The van der Waals surface area contributed by atoms with Crippen molar-refractivity contribution in [1.29, 1.82) is 0 Å². The number of halogens is 1. The van der Waals surface area contributed by atoms with Crippen LogP contribution in [-0.4, -0.2) is 15.4 Å². The van der Waals surface area contributed by atoms with E-state index in [1.54, 1.807) is 24.4 Å². The van der Waals surface area contributed by atoms with Crippen LogP contribution in [0.4, 0.5) is 4.39 Å². The highest BCUT2D eigenvalue weighted by molar-refractivity contribution is 5.72. The molecule has 0 aliphatic carbocycles. The second-order valence-electron chi connectivity index (χ2n) is 5.45. The predicted molar refractivity (Wildman–Crippen MR) is 86.1 cm³/mol. The topological polar surface area (TPSA) is 60.7 Å². The summed E-state index contributed by atoms with van der Waals surface area (Å²) < 4.78 is 20.0. The lowest BCUT2D eigenvalue weighted by Gasteiger charge is -2.07. The van der Waals surface area contributed by atoms with Crippen molar-refractivity contribution in [2.75, 3.05) is 0 Å². The van der Waals surface area contributed by atoms with Crippen molar-refractivity contribution in [2.45, 2.75) is 20.0 Å². The first kappa shape index (κ1) is 15.9. The molecule has 122 valence electrons. The number of carbonyl (C=O) groups is 1. The van der Waals surface area contributed by atoms with Crippen LogP contribution in [0.2, 0.25) is 0 Å². The average molecular weight is 326 g/mol. The first-order valence-electron chi connectivity index (χ1n) is 7.41. The van der Waals surface area contributed by atoms with Crippen molar-refractivity contribution in [3.63, 3.8) is 0 Å². The van der Waals surface area contributed by atoms with E-state index in [0.717, 1.165) is 5.56 Å². The van der Waals surface area contributed by atoms with Crippen LogP contribution in [0.15, 0.2) is 53.5 Å². The predicted octanol–water partition coefficient (Wildman–Crippen LogP) is 2.43. The maximum absolute atomic E-state index is 13.5. The molecule has 0 aliphatic rings. The zero-order valence-corrected chi connectivity index (χ0v) is 13.0. The molecule has 0 saturated carbocycles. The SMILES string of the molecule is Cc1ccn2c(=O)cc(COC(=O)Cc3ccccc3F)nc2c1. The average Bonchev–Trinajstić information content (AvgIpc) is 2.55. The normalized spacial score (nSPS) is 10.8. The Bertz CT molecular complexity index is 966. The van der Waals surface area contributed by atoms with Crippen molar-refractivity contribution < 1.29 is 13.9 Å². The maximum Gasteiger partial charge on any atom is 0.310 e. The minimum Gasteiger partial charge on any atom is -0.459 e. The lowest BCUT2D eigenvalue weighted by Crippen LogP contribution is -2.17. The number of fused-ring (bicyclic) bond motifs is 1. The molecular weight excluding hydrogens is 311 g/mol. The fourth-order valence-corrected chi connectivity index (χ4v) is 2.33. The molecule has 3 aromatic rings. The van der Waals surface area contributed by atoms with E-state index < -0.39 is 11.8 Å². The summed E-state index contributed by atoms with van der Waals surface area (Å²) in [4.78, 5) is 28.2. The molecule has 0 atom stereocenters. The van der Waals surface area contributed by atoms with E-state index in [4.69, 9.17) is 4.74 Å². The highest BCUT2D eigenvalue weighted by Gasteiger charge is 2.10. The molecule has 1 aromatic carbocycles. The van der Waals surface area contributed by atoms with Crippen LogP contribution in [0.25, 0.3) is 5.65 Å². The van der Waals surface area contributed by atoms with Gasteiger partial charge in [-0.05, 0) is 36.2 Å². The molecule has 0 bridgehead atoms. The number of esters is 1. The molecule has 0 spiro atoms.